The van der Waals surface area contributed by atoms with Gasteiger partial charge in [0.25, 0.3) is 0 Å². The van der Waals surface area contributed by atoms with Crippen LogP contribution in [0, 0.1) is 17.5 Å². The molecule has 0 amide bonds. The van der Waals surface area contributed by atoms with Crippen molar-refractivity contribution in [3.63, 3.8) is 0 Å². The molecule has 20 heavy (non-hydrogen) atoms. The Morgan fingerprint density at radius 2 is 1.80 bits per heavy atom. The molecule has 0 atom stereocenters. The number of rotatable bonds is 2. The summed E-state index contributed by atoms with van der Waals surface area (Å²) in [6.07, 6.45) is 0. The second kappa shape index (κ2) is 4.95. The van der Waals surface area contributed by atoms with Gasteiger partial charge in [0.05, 0.1) is 5.69 Å². The van der Waals surface area contributed by atoms with E-state index in [1.165, 1.54) is 0 Å². The van der Waals surface area contributed by atoms with E-state index in [0.29, 0.717) is 11.6 Å². The molecule has 0 saturated carbocycles. The van der Waals surface area contributed by atoms with Crippen molar-refractivity contribution in [2.45, 2.75) is 11.5 Å². The monoisotopic (exact) mass is 298 g/mol. The summed E-state index contributed by atoms with van der Waals surface area (Å²) in [5.41, 5.74) is 4.16. The van der Waals surface area contributed by atoms with Gasteiger partial charge in [-0.15, -0.1) is 0 Å². The van der Waals surface area contributed by atoms with E-state index < -0.39 is 17.5 Å². The largest absolute Gasteiger partial charge is 0.308 e. The normalized spacial score (nSPS) is 13.4. The Labute approximate surface area is 116 Å². The minimum absolute atomic E-state index is 0.0672. The van der Waals surface area contributed by atoms with Crippen molar-refractivity contribution in [1.82, 2.24) is 9.97 Å². The summed E-state index contributed by atoms with van der Waals surface area (Å²) in [6.45, 7) is 0. The summed E-state index contributed by atoms with van der Waals surface area (Å²) in [5, 5.41) is 0. The molecule has 3 N–H and O–H groups in total. The lowest BCUT2D eigenvalue weighted by Gasteiger charge is -2.09. The van der Waals surface area contributed by atoms with E-state index in [9.17, 15) is 13.2 Å². The van der Waals surface area contributed by atoms with Gasteiger partial charge in [0.15, 0.2) is 23.3 Å². The van der Waals surface area contributed by atoms with Gasteiger partial charge in [-0.2, -0.15) is 11.8 Å². The third-order valence-electron chi connectivity index (χ3n) is 2.96. The van der Waals surface area contributed by atoms with Crippen LogP contribution in [0.15, 0.2) is 12.1 Å². The highest BCUT2D eigenvalue weighted by Crippen LogP contribution is 2.34. The van der Waals surface area contributed by atoms with Gasteiger partial charge in [0.1, 0.15) is 5.82 Å². The van der Waals surface area contributed by atoms with Crippen LogP contribution in [0.25, 0.3) is 11.4 Å². The predicted molar refractivity (Wildman–Crippen MR) is 70.2 cm³/mol. The molecular formula is C12H9F3N4S. The Morgan fingerprint density at radius 1 is 1.10 bits per heavy atom. The van der Waals surface area contributed by atoms with Crippen molar-refractivity contribution < 1.29 is 13.2 Å². The number of benzene rings is 1. The molecule has 3 rings (SSSR count). The number of hydrazine groups is 1. The minimum atomic E-state index is -1.51. The lowest BCUT2D eigenvalue weighted by atomic mass is 10.1. The summed E-state index contributed by atoms with van der Waals surface area (Å²) in [5.74, 6) is 3.25. The van der Waals surface area contributed by atoms with E-state index >= 15 is 0 Å². The number of anilines is 1. The molecule has 0 unspecified atom stereocenters. The van der Waals surface area contributed by atoms with Crippen molar-refractivity contribution in [3.05, 3.63) is 40.8 Å². The molecule has 2 aromatic rings. The molecule has 4 nitrogen and oxygen atoms in total. The zero-order valence-electron chi connectivity index (χ0n) is 10.1. The van der Waals surface area contributed by atoms with Crippen LogP contribution in [0.3, 0.4) is 0 Å². The summed E-state index contributed by atoms with van der Waals surface area (Å²) < 4.78 is 39.5. The van der Waals surface area contributed by atoms with Crippen molar-refractivity contribution >= 4 is 17.6 Å². The summed E-state index contributed by atoms with van der Waals surface area (Å²) in [6, 6.07) is 1.73. The highest BCUT2D eigenvalue weighted by atomic mass is 32.2. The fraction of sp³-hybridized carbons (Fsp3) is 0.167. The molecule has 0 aliphatic carbocycles. The van der Waals surface area contributed by atoms with Crippen molar-refractivity contribution in [2.24, 2.45) is 5.84 Å². The fourth-order valence-electron chi connectivity index (χ4n) is 1.98. The molecule has 8 heteroatoms. The van der Waals surface area contributed by atoms with E-state index in [4.69, 9.17) is 5.84 Å². The van der Waals surface area contributed by atoms with Crippen LogP contribution < -0.4 is 11.3 Å². The molecular weight excluding hydrogens is 289 g/mol. The topological polar surface area (TPSA) is 63.8 Å². The van der Waals surface area contributed by atoms with Crippen LogP contribution in [-0.2, 0) is 11.5 Å². The van der Waals surface area contributed by atoms with Gasteiger partial charge >= 0.3 is 0 Å². The summed E-state index contributed by atoms with van der Waals surface area (Å²) in [7, 11) is 0. The number of nitrogens with one attached hydrogen (secondary N) is 1. The average molecular weight is 298 g/mol. The summed E-state index contributed by atoms with van der Waals surface area (Å²) >= 11 is 1.64. The molecule has 1 aliphatic heterocycles. The van der Waals surface area contributed by atoms with Crippen molar-refractivity contribution in [3.8, 4) is 11.4 Å². The number of thioether (sulfide) groups is 1. The van der Waals surface area contributed by atoms with Crippen LogP contribution in [0.4, 0.5) is 19.0 Å². The Kier molecular flexibility index (Phi) is 3.27. The van der Waals surface area contributed by atoms with Gasteiger partial charge in [-0.05, 0) is 12.1 Å². The Morgan fingerprint density at radius 3 is 2.45 bits per heavy atom. The third-order valence-corrected chi connectivity index (χ3v) is 3.93. The van der Waals surface area contributed by atoms with Gasteiger partial charge in [0.2, 0.25) is 0 Å². The van der Waals surface area contributed by atoms with Gasteiger partial charge in [-0.1, -0.05) is 0 Å². The standard InChI is InChI=1S/C12H9F3N4S/c13-7-1-5(2-8(14)10(7)15)11-17-9-4-20-3-6(9)12(18-11)19-16/h1-2H,3-4,16H2,(H,17,18,19). The van der Waals surface area contributed by atoms with E-state index in [1.807, 2.05) is 0 Å². The first-order valence-electron chi connectivity index (χ1n) is 5.69. The second-order valence-electron chi connectivity index (χ2n) is 4.21. The Bertz CT molecular complexity index is 670. The van der Waals surface area contributed by atoms with Gasteiger partial charge < -0.3 is 5.43 Å². The first-order chi connectivity index (χ1) is 9.60. The number of hydrogen-bond acceptors (Lipinski definition) is 5. The SMILES string of the molecule is NNc1nc(-c2cc(F)c(F)c(F)c2)nc2c1CSC2. The second-order valence-corrected chi connectivity index (χ2v) is 5.20. The average Bonchev–Trinajstić information content (AvgIpc) is 2.91. The smallest absolute Gasteiger partial charge is 0.194 e. The first-order valence-corrected chi connectivity index (χ1v) is 6.84. The number of hydrogen-bond donors (Lipinski definition) is 2. The molecule has 0 saturated heterocycles. The molecule has 104 valence electrons. The first kappa shape index (κ1) is 13.2. The van der Waals surface area contributed by atoms with Gasteiger partial charge in [-0.3, -0.25) is 0 Å². The van der Waals surface area contributed by atoms with Crippen LogP contribution >= 0.6 is 11.8 Å². The summed E-state index contributed by atoms with van der Waals surface area (Å²) in [4.78, 5) is 8.39. The quantitative estimate of drug-likeness (QED) is 0.507. The van der Waals surface area contributed by atoms with Crippen molar-refractivity contribution in [2.75, 3.05) is 5.43 Å². The van der Waals surface area contributed by atoms with Crippen LogP contribution in [-0.4, -0.2) is 9.97 Å². The molecule has 1 aromatic heterocycles. The van der Waals surface area contributed by atoms with Crippen LogP contribution in [0.1, 0.15) is 11.3 Å². The maximum Gasteiger partial charge on any atom is 0.194 e. The van der Waals surface area contributed by atoms with E-state index in [-0.39, 0.29) is 11.4 Å². The lowest BCUT2D eigenvalue weighted by molar-refractivity contribution is 0.447. The zero-order valence-corrected chi connectivity index (χ0v) is 10.9. The molecule has 1 aromatic carbocycles. The number of nitrogen functional groups attached to an aromatic ring is 1. The van der Waals surface area contributed by atoms with Crippen molar-refractivity contribution in [1.29, 1.82) is 0 Å². The van der Waals surface area contributed by atoms with E-state index in [2.05, 4.69) is 15.4 Å². The fourth-order valence-corrected chi connectivity index (χ4v) is 3.03. The van der Waals surface area contributed by atoms with E-state index in [0.717, 1.165) is 29.1 Å². The van der Waals surface area contributed by atoms with Gasteiger partial charge in [0, 0.05) is 22.6 Å². The molecule has 2 heterocycles. The predicted octanol–water partition coefficient (Wildman–Crippen LogP) is 2.59. The number of nitrogens with two attached hydrogens (primary N) is 1. The third kappa shape index (κ3) is 2.10. The lowest BCUT2D eigenvalue weighted by Crippen LogP contribution is -2.13. The highest BCUT2D eigenvalue weighted by molar-refractivity contribution is 7.98. The molecule has 0 radical (unpaired) electrons. The number of nitrogens with zero attached hydrogens (tertiary/aromatic N) is 2. The molecule has 1 aliphatic rings. The van der Waals surface area contributed by atoms with Crippen LogP contribution in [0.5, 0.6) is 0 Å². The highest BCUT2D eigenvalue weighted by Gasteiger charge is 2.21. The van der Waals surface area contributed by atoms with Crippen LogP contribution in [0.2, 0.25) is 0 Å². The molecule has 0 bridgehead atoms. The molecule has 0 spiro atoms. The van der Waals surface area contributed by atoms with E-state index in [1.54, 1.807) is 11.8 Å². The minimum Gasteiger partial charge on any atom is -0.308 e. The Balaban J connectivity index is 2.16. The number of halogens is 3. The maximum absolute atomic E-state index is 13.3. The number of aromatic nitrogens is 2. The van der Waals surface area contributed by atoms with Gasteiger partial charge in [-0.25, -0.2) is 29.0 Å². The molecule has 0 fully saturated rings. The number of fused-ring (bicyclic) bond motifs is 1. The zero-order chi connectivity index (χ0) is 14.3. The maximum atomic E-state index is 13.3. The Hall–Kier alpha value is -1.80.